The molecule has 118 valence electrons. The van der Waals surface area contributed by atoms with E-state index < -0.39 is 33.3 Å². The maximum absolute atomic E-state index is 13.7. The highest BCUT2D eigenvalue weighted by atomic mass is 79.9. The van der Waals surface area contributed by atoms with Gasteiger partial charge in [0.05, 0.1) is 16.1 Å². The van der Waals surface area contributed by atoms with Gasteiger partial charge in [-0.05, 0) is 30.3 Å². The van der Waals surface area contributed by atoms with E-state index >= 15 is 0 Å². The van der Waals surface area contributed by atoms with Crippen LogP contribution < -0.4 is 4.72 Å². The standard InChI is InChI=1S/C13H8BrF4NO2S/c14-8-3-1-4-9(7-8)22(20,21)19-12-10(13(16,17)18)5-2-6-11(12)15/h1-7,19H. The molecule has 0 aliphatic heterocycles. The molecular formula is C13H8BrF4NO2S. The summed E-state index contributed by atoms with van der Waals surface area (Å²) in [5.74, 6) is -1.31. The third kappa shape index (κ3) is 3.58. The zero-order chi connectivity index (χ0) is 16.5. The first-order chi connectivity index (χ1) is 10.1. The van der Waals surface area contributed by atoms with Crippen LogP contribution in [0.5, 0.6) is 0 Å². The van der Waals surface area contributed by atoms with Crippen molar-refractivity contribution in [1.82, 2.24) is 0 Å². The van der Waals surface area contributed by atoms with E-state index in [1.807, 2.05) is 0 Å². The number of hydrogen-bond acceptors (Lipinski definition) is 2. The van der Waals surface area contributed by atoms with Crippen molar-refractivity contribution in [1.29, 1.82) is 0 Å². The first-order valence-electron chi connectivity index (χ1n) is 5.75. The highest BCUT2D eigenvalue weighted by Crippen LogP contribution is 2.37. The van der Waals surface area contributed by atoms with E-state index in [0.717, 1.165) is 12.1 Å². The molecule has 0 aromatic heterocycles. The van der Waals surface area contributed by atoms with Gasteiger partial charge in [0.25, 0.3) is 10.0 Å². The quantitative estimate of drug-likeness (QED) is 0.779. The summed E-state index contributed by atoms with van der Waals surface area (Å²) in [5.41, 5.74) is -2.53. The number of halogens is 5. The molecule has 0 saturated carbocycles. The Labute approximate surface area is 132 Å². The Morgan fingerprint density at radius 1 is 1.05 bits per heavy atom. The summed E-state index contributed by atoms with van der Waals surface area (Å²) in [6.45, 7) is 0. The van der Waals surface area contributed by atoms with Gasteiger partial charge < -0.3 is 0 Å². The molecule has 0 bridgehead atoms. The molecule has 0 spiro atoms. The van der Waals surface area contributed by atoms with Crippen LogP contribution >= 0.6 is 15.9 Å². The summed E-state index contributed by atoms with van der Waals surface area (Å²) in [4.78, 5) is -0.293. The van der Waals surface area contributed by atoms with Gasteiger partial charge in [-0.2, -0.15) is 13.2 Å². The molecule has 0 aliphatic carbocycles. The molecule has 0 unspecified atom stereocenters. The van der Waals surface area contributed by atoms with Crippen molar-refractivity contribution in [3.8, 4) is 0 Å². The van der Waals surface area contributed by atoms with E-state index in [1.54, 1.807) is 10.8 Å². The summed E-state index contributed by atoms with van der Waals surface area (Å²) in [6, 6.07) is 7.51. The van der Waals surface area contributed by atoms with E-state index in [9.17, 15) is 26.0 Å². The number of alkyl halides is 3. The molecule has 2 rings (SSSR count). The SMILES string of the molecule is O=S(=O)(Nc1c(F)cccc1C(F)(F)F)c1cccc(Br)c1. The van der Waals surface area contributed by atoms with Crippen molar-refractivity contribution in [3.63, 3.8) is 0 Å². The highest BCUT2D eigenvalue weighted by molar-refractivity contribution is 9.10. The van der Waals surface area contributed by atoms with Gasteiger partial charge >= 0.3 is 6.18 Å². The molecule has 0 radical (unpaired) electrons. The van der Waals surface area contributed by atoms with Gasteiger partial charge in [0.15, 0.2) is 0 Å². The zero-order valence-electron chi connectivity index (χ0n) is 10.7. The van der Waals surface area contributed by atoms with Crippen LogP contribution in [0.1, 0.15) is 5.56 Å². The molecule has 0 heterocycles. The fourth-order valence-electron chi connectivity index (χ4n) is 1.69. The van der Waals surface area contributed by atoms with Crippen molar-refractivity contribution in [3.05, 3.63) is 58.3 Å². The Morgan fingerprint density at radius 2 is 1.68 bits per heavy atom. The highest BCUT2D eigenvalue weighted by Gasteiger charge is 2.36. The monoisotopic (exact) mass is 397 g/mol. The summed E-state index contributed by atoms with van der Waals surface area (Å²) in [5, 5.41) is 0. The van der Waals surface area contributed by atoms with Gasteiger partial charge in [0.2, 0.25) is 0 Å². The Kier molecular flexibility index (Phi) is 4.48. The summed E-state index contributed by atoms with van der Waals surface area (Å²) >= 11 is 3.05. The van der Waals surface area contributed by atoms with Crippen molar-refractivity contribution < 1.29 is 26.0 Å². The number of benzene rings is 2. The van der Waals surface area contributed by atoms with Crippen molar-refractivity contribution >= 4 is 31.6 Å². The number of nitrogens with one attached hydrogen (secondary N) is 1. The molecule has 0 saturated heterocycles. The number of anilines is 1. The Balaban J connectivity index is 2.51. The number of rotatable bonds is 3. The van der Waals surface area contributed by atoms with Crippen LogP contribution in [0.15, 0.2) is 51.8 Å². The molecule has 3 nitrogen and oxygen atoms in total. The predicted molar refractivity (Wildman–Crippen MR) is 76.4 cm³/mol. The fraction of sp³-hybridized carbons (Fsp3) is 0.0769. The van der Waals surface area contributed by atoms with Gasteiger partial charge in [-0.1, -0.05) is 28.1 Å². The molecule has 2 aromatic carbocycles. The van der Waals surface area contributed by atoms with Crippen LogP contribution in [-0.4, -0.2) is 8.42 Å². The maximum Gasteiger partial charge on any atom is 0.418 e. The van der Waals surface area contributed by atoms with Gasteiger partial charge in [0, 0.05) is 4.47 Å². The largest absolute Gasteiger partial charge is 0.418 e. The molecule has 0 fully saturated rings. The second-order valence-corrected chi connectivity index (χ2v) is 6.82. The maximum atomic E-state index is 13.7. The average molecular weight is 398 g/mol. The lowest BCUT2D eigenvalue weighted by Gasteiger charge is -2.15. The van der Waals surface area contributed by atoms with Crippen LogP contribution in [0, 0.1) is 5.82 Å². The second kappa shape index (κ2) is 5.88. The molecule has 2 aromatic rings. The van der Waals surface area contributed by atoms with E-state index in [0.29, 0.717) is 10.5 Å². The Bertz CT molecular complexity index is 806. The van der Waals surface area contributed by atoms with Crippen LogP contribution in [-0.2, 0) is 16.2 Å². The minimum Gasteiger partial charge on any atom is -0.276 e. The Morgan fingerprint density at radius 3 is 2.27 bits per heavy atom. The topological polar surface area (TPSA) is 46.2 Å². The minimum absolute atomic E-state index is 0.293. The van der Waals surface area contributed by atoms with E-state index in [2.05, 4.69) is 15.9 Å². The normalized spacial score (nSPS) is 12.2. The van der Waals surface area contributed by atoms with Crippen LogP contribution in [0.2, 0.25) is 0 Å². The van der Waals surface area contributed by atoms with Crippen LogP contribution in [0.3, 0.4) is 0 Å². The molecule has 1 N–H and O–H groups in total. The summed E-state index contributed by atoms with van der Waals surface area (Å²) in [6.07, 6.45) is -4.89. The van der Waals surface area contributed by atoms with Crippen LogP contribution in [0.25, 0.3) is 0 Å². The minimum atomic E-state index is -4.89. The summed E-state index contributed by atoms with van der Waals surface area (Å²) in [7, 11) is -4.36. The van der Waals surface area contributed by atoms with E-state index in [1.165, 1.54) is 18.2 Å². The second-order valence-electron chi connectivity index (χ2n) is 4.22. The molecule has 0 atom stereocenters. The Hall–Kier alpha value is -1.61. The van der Waals surface area contributed by atoms with Gasteiger partial charge in [0.1, 0.15) is 5.82 Å². The fourth-order valence-corrected chi connectivity index (χ4v) is 3.38. The lowest BCUT2D eigenvalue weighted by Crippen LogP contribution is -2.18. The lowest BCUT2D eigenvalue weighted by atomic mass is 10.1. The lowest BCUT2D eigenvalue weighted by molar-refractivity contribution is -0.137. The van der Waals surface area contributed by atoms with Crippen LogP contribution in [0.4, 0.5) is 23.2 Å². The van der Waals surface area contributed by atoms with Crippen molar-refractivity contribution in [2.75, 3.05) is 4.72 Å². The molecular weight excluding hydrogens is 390 g/mol. The first-order valence-corrected chi connectivity index (χ1v) is 8.03. The van der Waals surface area contributed by atoms with E-state index in [4.69, 9.17) is 0 Å². The van der Waals surface area contributed by atoms with E-state index in [-0.39, 0.29) is 4.90 Å². The third-order valence-electron chi connectivity index (χ3n) is 2.66. The third-order valence-corrected chi connectivity index (χ3v) is 4.50. The smallest absolute Gasteiger partial charge is 0.276 e. The van der Waals surface area contributed by atoms with Gasteiger partial charge in [-0.3, -0.25) is 4.72 Å². The molecule has 9 heteroatoms. The molecule has 22 heavy (non-hydrogen) atoms. The van der Waals surface area contributed by atoms with Gasteiger partial charge in [-0.25, -0.2) is 12.8 Å². The number of para-hydroxylation sites is 1. The summed E-state index contributed by atoms with van der Waals surface area (Å²) < 4.78 is 78.6. The number of hydrogen-bond donors (Lipinski definition) is 1. The molecule has 0 amide bonds. The zero-order valence-corrected chi connectivity index (χ0v) is 13.1. The number of sulfonamides is 1. The van der Waals surface area contributed by atoms with Crippen molar-refractivity contribution in [2.24, 2.45) is 0 Å². The average Bonchev–Trinajstić information content (AvgIpc) is 2.39. The van der Waals surface area contributed by atoms with Crippen molar-refractivity contribution in [2.45, 2.75) is 11.1 Å². The predicted octanol–water partition coefficient (Wildman–Crippen LogP) is 4.41. The van der Waals surface area contributed by atoms with Gasteiger partial charge in [-0.15, -0.1) is 0 Å². The first kappa shape index (κ1) is 16.8. The molecule has 0 aliphatic rings.